The molecular weight excluding hydrogens is 174 g/mol. The minimum atomic E-state index is 0.233. The van der Waals surface area contributed by atoms with Crippen LogP contribution >= 0.6 is 0 Å². The van der Waals surface area contributed by atoms with Gasteiger partial charge in [-0.15, -0.1) is 0 Å². The van der Waals surface area contributed by atoms with Crippen molar-refractivity contribution in [2.75, 3.05) is 19.8 Å². The number of hydrogen-bond acceptors (Lipinski definition) is 2. The van der Waals surface area contributed by atoms with Crippen molar-refractivity contribution < 1.29 is 4.74 Å². The Labute approximate surface area is 88.2 Å². The molecule has 0 atom stereocenters. The Morgan fingerprint density at radius 1 is 1.14 bits per heavy atom. The van der Waals surface area contributed by atoms with E-state index in [0.29, 0.717) is 10.8 Å². The van der Waals surface area contributed by atoms with Crippen molar-refractivity contribution in [3.05, 3.63) is 0 Å². The molecule has 0 aromatic heterocycles. The van der Waals surface area contributed by atoms with Gasteiger partial charge in [0.05, 0.1) is 13.2 Å². The van der Waals surface area contributed by atoms with Gasteiger partial charge in [-0.25, -0.2) is 0 Å². The third kappa shape index (κ3) is 2.12. The second-order valence-electron chi connectivity index (χ2n) is 6.57. The zero-order valence-electron chi connectivity index (χ0n) is 10.3. The molecule has 0 saturated carbocycles. The van der Waals surface area contributed by atoms with Crippen LogP contribution in [-0.2, 0) is 4.74 Å². The topological polar surface area (TPSA) is 35.2 Å². The Bertz CT molecular complexity index is 199. The minimum Gasteiger partial charge on any atom is -0.380 e. The molecule has 2 N–H and O–H groups in total. The summed E-state index contributed by atoms with van der Waals surface area (Å²) in [7, 11) is 0. The second-order valence-corrected chi connectivity index (χ2v) is 6.57. The highest BCUT2D eigenvalue weighted by molar-refractivity contribution is 4.98. The van der Waals surface area contributed by atoms with Crippen molar-refractivity contribution in [3.63, 3.8) is 0 Å². The van der Waals surface area contributed by atoms with Crippen molar-refractivity contribution in [1.29, 1.82) is 0 Å². The molecule has 0 aromatic rings. The molecule has 1 aliphatic heterocycles. The van der Waals surface area contributed by atoms with Crippen molar-refractivity contribution in [2.45, 2.75) is 41.0 Å². The first-order valence-electron chi connectivity index (χ1n) is 5.50. The summed E-state index contributed by atoms with van der Waals surface area (Å²) in [5, 5.41) is 0. The molecule has 1 fully saturated rings. The van der Waals surface area contributed by atoms with Crippen LogP contribution in [0.3, 0.4) is 0 Å². The Balaban J connectivity index is 2.73. The molecule has 0 radical (unpaired) electrons. The summed E-state index contributed by atoms with van der Waals surface area (Å²) in [6, 6.07) is 0. The van der Waals surface area contributed by atoms with Crippen LogP contribution in [0.2, 0.25) is 0 Å². The summed E-state index contributed by atoms with van der Waals surface area (Å²) < 4.78 is 5.41. The smallest absolute Gasteiger partial charge is 0.0550 e. The van der Waals surface area contributed by atoms with Gasteiger partial charge in [-0.1, -0.05) is 34.6 Å². The summed E-state index contributed by atoms with van der Waals surface area (Å²) in [4.78, 5) is 0. The number of nitrogens with two attached hydrogens (primary N) is 1. The molecule has 2 nitrogen and oxygen atoms in total. The highest BCUT2D eigenvalue weighted by atomic mass is 16.5. The molecule has 1 saturated heterocycles. The van der Waals surface area contributed by atoms with Gasteiger partial charge in [-0.05, 0) is 23.8 Å². The van der Waals surface area contributed by atoms with Gasteiger partial charge < -0.3 is 10.5 Å². The van der Waals surface area contributed by atoms with E-state index in [2.05, 4.69) is 34.6 Å². The summed E-state index contributed by atoms with van der Waals surface area (Å²) in [5.74, 6) is 0. The van der Waals surface area contributed by atoms with Crippen molar-refractivity contribution >= 4 is 0 Å². The molecule has 0 aromatic carbocycles. The third-order valence-corrected chi connectivity index (χ3v) is 3.72. The van der Waals surface area contributed by atoms with E-state index in [1.165, 1.54) is 6.42 Å². The molecule has 0 spiro atoms. The lowest BCUT2D eigenvalue weighted by molar-refractivity contribution is -0.186. The van der Waals surface area contributed by atoms with Gasteiger partial charge in [0.25, 0.3) is 0 Å². The van der Waals surface area contributed by atoms with E-state index in [4.69, 9.17) is 10.5 Å². The normalized spacial score (nSPS) is 21.9. The average molecular weight is 199 g/mol. The predicted octanol–water partition coefficient (Wildman–Crippen LogP) is 2.42. The van der Waals surface area contributed by atoms with Crippen LogP contribution < -0.4 is 5.73 Å². The SMILES string of the molecule is CC(C)(CN)CC1(C(C)(C)C)COC1. The van der Waals surface area contributed by atoms with Gasteiger partial charge in [0.1, 0.15) is 0 Å². The van der Waals surface area contributed by atoms with E-state index in [1.807, 2.05) is 0 Å². The zero-order chi connectivity index (χ0) is 11.0. The van der Waals surface area contributed by atoms with E-state index in [9.17, 15) is 0 Å². The fraction of sp³-hybridized carbons (Fsp3) is 1.00. The van der Waals surface area contributed by atoms with Crippen molar-refractivity contribution in [2.24, 2.45) is 22.0 Å². The quantitative estimate of drug-likeness (QED) is 0.757. The molecule has 2 heteroatoms. The average Bonchev–Trinajstić information content (AvgIpc) is 1.95. The van der Waals surface area contributed by atoms with Gasteiger partial charge >= 0.3 is 0 Å². The molecule has 1 rings (SSSR count). The number of hydrogen-bond donors (Lipinski definition) is 1. The fourth-order valence-electron chi connectivity index (χ4n) is 2.14. The molecule has 14 heavy (non-hydrogen) atoms. The lowest BCUT2D eigenvalue weighted by Gasteiger charge is -2.54. The van der Waals surface area contributed by atoms with E-state index < -0.39 is 0 Å². The zero-order valence-corrected chi connectivity index (χ0v) is 10.3. The maximum atomic E-state index is 5.79. The molecule has 0 aliphatic carbocycles. The minimum absolute atomic E-state index is 0.233. The van der Waals surface area contributed by atoms with E-state index >= 15 is 0 Å². The summed E-state index contributed by atoms with van der Waals surface area (Å²) in [5.41, 5.74) is 6.69. The molecular formula is C12H25NO. The molecule has 1 heterocycles. The molecule has 84 valence electrons. The Kier molecular flexibility index (Phi) is 2.99. The van der Waals surface area contributed by atoms with Crippen molar-refractivity contribution in [3.8, 4) is 0 Å². The van der Waals surface area contributed by atoms with E-state index in [1.54, 1.807) is 0 Å². The van der Waals surface area contributed by atoms with Crippen LogP contribution in [0.1, 0.15) is 41.0 Å². The van der Waals surface area contributed by atoms with Gasteiger partial charge in [-0.2, -0.15) is 0 Å². The molecule has 0 unspecified atom stereocenters. The first-order valence-corrected chi connectivity index (χ1v) is 5.50. The fourth-order valence-corrected chi connectivity index (χ4v) is 2.14. The van der Waals surface area contributed by atoms with Gasteiger partial charge in [0.15, 0.2) is 0 Å². The van der Waals surface area contributed by atoms with Gasteiger partial charge in [-0.3, -0.25) is 0 Å². The Morgan fingerprint density at radius 2 is 1.64 bits per heavy atom. The largest absolute Gasteiger partial charge is 0.380 e. The molecule has 0 bridgehead atoms. The predicted molar refractivity (Wildman–Crippen MR) is 60.2 cm³/mol. The number of ether oxygens (including phenoxy) is 1. The Hall–Kier alpha value is -0.0800. The second kappa shape index (κ2) is 3.49. The monoisotopic (exact) mass is 199 g/mol. The van der Waals surface area contributed by atoms with E-state index in [-0.39, 0.29) is 5.41 Å². The maximum Gasteiger partial charge on any atom is 0.0550 e. The lowest BCUT2D eigenvalue weighted by atomic mass is 9.59. The molecule has 0 amide bonds. The van der Waals surface area contributed by atoms with Crippen LogP contribution in [0.15, 0.2) is 0 Å². The van der Waals surface area contributed by atoms with Gasteiger partial charge in [0.2, 0.25) is 0 Å². The Morgan fingerprint density at radius 3 is 1.86 bits per heavy atom. The van der Waals surface area contributed by atoms with Gasteiger partial charge in [0, 0.05) is 5.41 Å². The first-order chi connectivity index (χ1) is 6.22. The highest BCUT2D eigenvalue weighted by Crippen LogP contribution is 2.51. The van der Waals surface area contributed by atoms with Crippen LogP contribution in [0.5, 0.6) is 0 Å². The molecule has 1 aliphatic rings. The van der Waals surface area contributed by atoms with Crippen molar-refractivity contribution in [1.82, 2.24) is 0 Å². The highest BCUT2D eigenvalue weighted by Gasteiger charge is 2.50. The summed E-state index contributed by atoms with van der Waals surface area (Å²) in [6.07, 6.45) is 1.17. The maximum absolute atomic E-state index is 5.79. The summed E-state index contributed by atoms with van der Waals surface area (Å²) in [6.45, 7) is 14.0. The van der Waals surface area contributed by atoms with Crippen LogP contribution in [0, 0.1) is 16.2 Å². The summed E-state index contributed by atoms with van der Waals surface area (Å²) >= 11 is 0. The third-order valence-electron chi connectivity index (χ3n) is 3.72. The first kappa shape index (κ1) is 12.0. The van der Waals surface area contributed by atoms with Crippen LogP contribution in [0.25, 0.3) is 0 Å². The van der Waals surface area contributed by atoms with Crippen LogP contribution in [-0.4, -0.2) is 19.8 Å². The van der Waals surface area contributed by atoms with Crippen LogP contribution in [0.4, 0.5) is 0 Å². The standard InChI is InChI=1S/C12H25NO/c1-10(2,3)12(8-14-9-12)6-11(4,5)7-13/h6-9,13H2,1-5H3. The number of rotatable bonds is 3. The lowest BCUT2D eigenvalue weighted by Crippen LogP contribution is -2.54. The van der Waals surface area contributed by atoms with E-state index in [0.717, 1.165) is 19.8 Å².